The van der Waals surface area contributed by atoms with Crippen molar-refractivity contribution in [1.29, 1.82) is 0 Å². The van der Waals surface area contributed by atoms with Gasteiger partial charge in [-0.3, -0.25) is 14.2 Å². The summed E-state index contributed by atoms with van der Waals surface area (Å²) >= 11 is 1.13. The number of thiazole rings is 1. The molecule has 5 rings (SSSR count). The number of allylic oxidation sites excluding steroid dienone is 1. The first-order valence-electron chi connectivity index (χ1n) is 11.9. The van der Waals surface area contributed by atoms with Crippen molar-refractivity contribution < 1.29 is 19.1 Å². The van der Waals surface area contributed by atoms with Crippen LogP contribution >= 0.6 is 11.3 Å². The Labute approximate surface area is 222 Å². The first kappa shape index (κ1) is 25.2. The van der Waals surface area contributed by atoms with Gasteiger partial charge < -0.3 is 14.4 Å². The number of hydrogen-bond acceptors (Lipinski definition) is 7. The van der Waals surface area contributed by atoms with Crippen LogP contribution in [0.2, 0.25) is 0 Å². The molecule has 3 aromatic rings. The first-order chi connectivity index (χ1) is 18.4. The highest BCUT2D eigenvalue weighted by Gasteiger charge is 2.37. The molecule has 38 heavy (non-hydrogen) atoms. The maximum absolute atomic E-state index is 14.1. The van der Waals surface area contributed by atoms with E-state index >= 15 is 0 Å². The summed E-state index contributed by atoms with van der Waals surface area (Å²) in [6.45, 7) is 9.41. The summed E-state index contributed by atoms with van der Waals surface area (Å²) in [5.74, 6) is -0.238. The van der Waals surface area contributed by atoms with E-state index in [9.17, 15) is 14.4 Å². The normalized spacial score (nSPS) is 17.5. The fourth-order valence-corrected chi connectivity index (χ4v) is 5.89. The Bertz CT molecular complexity index is 1690. The topological polar surface area (TPSA) is 90.2 Å². The van der Waals surface area contributed by atoms with Crippen LogP contribution in [-0.2, 0) is 14.3 Å². The van der Waals surface area contributed by atoms with Crippen molar-refractivity contribution in [3.05, 3.63) is 116 Å². The molecule has 0 N–H and O–H groups in total. The SMILES string of the molecule is C=CCOC(=O)C1=C(C)N=c2sc(=C3C(=O)N(CC=C)c4ccccc43)c(=O)n2C1c1ccc(OC)cc1. The highest BCUT2D eigenvalue weighted by Crippen LogP contribution is 2.35. The third-order valence-corrected chi connectivity index (χ3v) is 7.50. The van der Waals surface area contributed by atoms with Gasteiger partial charge in [-0.15, -0.1) is 6.58 Å². The second-order valence-corrected chi connectivity index (χ2v) is 9.64. The number of nitrogens with zero attached hydrogens (tertiary/aromatic N) is 3. The van der Waals surface area contributed by atoms with Crippen molar-refractivity contribution in [2.45, 2.75) is 13.0 Å². The first-order valence-corrected chi connectivity index (χ1v) is 12.7. The van der Waals surface area contributed by atoms with E-state index in [4.69, 9.17) is 9.47 Å². The van der Waals surface area contributed by atoms with Crippen molar-refractivity contribution in [1.82, 2.24) is 4.57 Å². The molecule has 8 nitrogen and oxygen atoms in total. The molecule has 0 radical (unpaired) electrons. The van der Waals surface area contributed by atoms with Crippen LogP contribution in [0.25, 0.3) is 5.57 Å². The number of aromatic nitrogens is 1. The lowest BCUT2D eigenvalue weighted by atomic mass is 9.96. The Hall–Kier alpha value is -4.50. The minimum Gasteiger partial charge on any atom is -0.497 e. The summed E-state index contributed by atoms with van der Waals surface area (Å²) < 4.78 is 12.4. The number of fused-ring (bicyclic) bond motifs is 2. The number of benzene rings is 2. The van der Waals surface area contributed by atoms with Crippen molar-refractivity contribution in [3.8, 4) is 5.75 Å². The Morgan fingerprint density at radius 1 is 1.11 bits per heavy atom. The van der Waals surface area contributed by atoms with Gasteiger partial charge in [-0.25, -0.2) is 9.79 Å². The monoisotopic (exact) mass is 527 g/mol. The van der Waals surface area contributed by atoms with Gasteiger partial charge in [-0.1, -0.05) is 60.4 Å². The Kier molecular flexibility index (Phi) is 6.69. The van der Waals surface area contributed by atoms with Crippen LogP contribution < -0.4 is 24.5 Å². The quantitative estimate of drug-likeness (QED) is 0.348. The third kappa shape index (κ3) is 4.01. The van der Waals surface area contributed by atoms with Crippen LogP contribution in [0, 0.1) is 0 Å². The Balaban J connectivity index is 1.78. The molecule has 0 saturated heterocycles. The zero-order chi connectivity index (χ0) is 27.0. The van der Waals surface area contributed by atoms with Gasteiger partial charge >= 0.3 is 5.97 Å². The maximum atomic E-state index is 14.1. The Morgan fingerprint density at radius 3 is 2.53 bits per heavy atom. The van der Waals surface area contributed by atoms with E-state index < -0.39 is 17.6 Å². The summed E-state index contributed by atoms with van der Waals surface area (Å²) in [7, 11) is 1.56. The van der Waals surface area contributed by atoms with E-state index in [-0.39, 0.29) is 22.6 Å². The summed E-state index contributed by atoms with van der Waals surface area (Å²) in [5, 5.41) is 0. The number of ether oxygens (including phenoxy) is 2. The molecule has 2 aliphatic rings. The number of para-hydroxylation sites is 1. The van der Waals surface area contributed by atoms with Crippen LogP contribution in [0.4, 0.5) is 5.69 Å². The molecule has 1 unspecified atom stereocenters. The van der Waals surface area contributed by atoms with E-state index in [1.54, 1.807) is 49.3 Å². The number of amides is 1. The molecule has 1 aromatic heterocycles. The fourth-order valence-electron chi connectivity index (χ4n) is 4.76. The lowest BCUT2D eigenvalue weighted by Crippen LogP contribution is -2.41. The minimum absolute atomic E-state index is 0.0178. The van der Waals surface area contributed by atoms with E-state index in [0.717, 1.165) is 17.0 Å². The van der Waals surface area contributed by atoms with Gasteiger partial charge in [-0.2, -0.15) is 0 Å². The largest absolute Gasteiger partial charge is 0.497 e. The molecule has 0 spiro atoms. The second-order valence-electron chi connectivity index (χ2n) is 8.66. The summed E-state index contributed by atoms with van der Waals surface area (Å²) in [6, 6.07) is 13.7. The van der Waals surface area contributed by atoms with Gasteiger partial charge in [0, 0.05) is 12.1 Å². The van der Waals surface area contributed by atoms with Gasteiger partial charge in [-0.05, 0) is 30.7 Å². The lowest BCUT2D eigenvalue weighted by molar-refractivity contribution is -0.138. The lowest BCUT2D eigenvalue weighted by Gasteiger charge is -2.24. The van der Waals surface area contributed by atoms with Crippen LogP contribution in [0.1, 0.15) is 24.1 Å². The van der Waals surface area contributed by atoms with Crippen molar-refractivity contribution in [2.75, 3.05) is 25.2 Å². The molecule has 1 atom stereocenters. The second kappa shape index (κ2) is 10.1. The van der Waals surface area contributed by atoms with Crippen LogP contribution in [-0.4, -0.2) is 36.7 Å². The van der Waals surface area contributed by atoms with Crippen molar-refractivity contribution >= 4 is 34.5 Å². The number of anilines is 1. The van der Waals surface area contributed by atoms with Crippen molar-refractivity contribution in [2.24, 2.45) is 4.99 Å². The number of methoxy groups -OCH3 is 1. The van der Waals surface area contributed by atoms with E-state index in [2.05, 4.69) is 18.2 Å². The highest BCUT2D eigenvalue weighted by atomic mass is 32.1. The average molecular weight is 528 g/mol. The number of rotatable bonds is 7. The predicted octanol–water partition coefficient (Wildman–Crippen LogP) is 2.88. The molecule has 0 saturated carbocycles. The molecule has 1 amide bonds. The third-order valence-electron chi connectivity index (χ3n) is 6.44. The number of carbonyl (C=O) groups excluding carboxylic acids is 2. The molecule has 2 aromatic carbocycles. The van der Waals surface area contributed by atoms with Gasteiger partial charge in [0.05, 0.1) is 35.7 Å². The van der Waals surface area contributed by atoms with Gasteiger partial charge in [0.2, 0.25) is 0 Å². The summed E-state index contributed by atoms with van der Waals surface area (Å²) in [5.41, 5.74) is 2.65. The van der Waals surface area contributed by atoms with Crippen LogP contribution in [0.15, 0.2) is 94.9 Å². The molecule has 3 heterocycles. The highest BCUT2D eigenvalue weighted by molar-refractivity contribution is 7.07. The molecule has 0 bridgehead atoms. The minimum atomic E-state index is -0.806. The number of hydrogen-bond donors (Lipinski definition) is 0. The summed E-state index contributed by atoms with van der Waals surface area (Å²) in [6.07, 6.45) is 3.12. The predicted molar refractivity (Wildman–Crippen MR) is 146 cm³/mol. The molecule has 0 fully saturated rings. The summed E-state index contributed by atoms with van der Waals surface area (Å²) in [4.78, 5) is 47.4. The zero-order valence-electron chi connectivity index (χ0n) is 21.0. The van der Waals surface area contributed by atoms with E-state index in [1.807, 2.05) is 24.3 Å². The number of esters is 1. The molecular weight excluding hydrogens is 502 g/mol. The van der Waals surface area contributed by atoms with Crippen LogP contribution in [0.3, 0.4) is 0 Å². The average Bonchev–Trinajstić information content (AvgIpc) is 3.39. The zero-order valence-corrected chi connectivity index (χ0v) is 21.8. The standard InChI is InChI=1S/C29H25N3O5S/c1-5-15-31-21-10-8-7-9-20(21)23(26(31)33)25-27(34)32-24(18-11-13-19(36-4)14-12-18)22(28(35)37-16-6-2)17(3)30-29(32)38-25/h5-14,24H,1-2,15-16H2,3-4H3. The van der Waals surface area contributed by atoms with E-state index in [1.165, 1.54) is 10.6 Å². The smallest absolute Gasteiger partial charge is 0.338 e. The Morgan fingerprint density at radius 2 is 1.84 bits per heavy atom. The van der Waals surface area contributed by atoms with Gasteiger partial charge in [0.25, 0.3) is 11.5 Å². The fraction of sp³-hybridized carbons (Fsp3) is 0.172. The molecular formula is C29H25N3O5S. The van der Waals surface area contributed by atoms with E-state index in [0.29, 0.717) is 39.5 Å². The number of carbonyl (C=O) groups is 2. The van der Waals surface area contributed by atoms with Gasteiger partial charge in [0.15, 0.2) is 4.80 Å². The molecule has 9 heteroatoms. The molecule has 2 aliphatic heterocycles. The van der Waals surface area contributed by atoms with Crippen molar-refractivity contribution in [3.63, 3.8) is 0 Å². The maximum Gasteiger partial charge on any atom is 0.338 e. The van der Waals surface area contributed by atoms with Crippen LogP contribution in [0.5, 0.6) is 5.75 Å². The molecule has 192 valence electrons. The molecule has 0 aliphatic carbocycles. The van der Waals surface area contributed by atoms with Gasteiger partial charge in [0.1, 0.15) is 16.9 Å².